The molecule has 3 aromatic heterocycles. The molecule has 1 atom stereocenters. The predicted molar refractivity (Wildman–Crippen MR) is 109 cm³/mol. The number of hydrogen-bond donors (Lipinski definition) is 1. The van der Waals surface area contributed by atoms with E-state index in [1.165, 1.54) is 0 Å². The first-order valence-electron chi connectivity index (χ1n) is 9.43. The Morgan fingerprint density at radius 3 is 2.90 bits per heavy atom. The van der Waals surface area contributed by atoms with Crippen LogP contribution in [0.25, 0.3) is 27.6 Å². The number of nitrogens with one attached hydrogen (secondary N) is 1. The molecule has 0 saturated carbocycles. The summed E-state index contributed by atoms with van der Waals surface area (Å²) >= 11 is 0. The highest BCUT2D eigenvalue weighted by Gasteiger charge is 2.20. The minimum absolute atomic E-state index is 0.0433. The summed E-state index contributed by atoms with van der Waals surface area (Å²) in [5.74, 6) is 0.505. The lowest BCUT2D eigenvalue weighted by atomic mass is 10.2. The smallest absolute Gasteiger partial charge is 0.267 e. The maximum Gasteiger partial charge on any atom is 0.267 e. The third-order valence-corrected chi connectivity index (χ3v) is 5.01. The normalized spacial score (nSPS) is 17.1. The molecule has 1 fully saturated rings. The van der Waals surface area contributed by atoms with Crippen molar-refractivity contribution in [1.29, 1.82) is 0 Å². The molecule has 0 bridgehead atoms. The molecule has 1 aliphatic heterocycles. The van der Waals surface area contributed by atoms with Crippen molar-refractivity contribution in [2.24, 2.45) is 0 Å². The van der Waals surface area contributed by atoms with Crippen LogP contribution < -0.4 is 10.5 Å². The molecule has 1 unspecified atom stereocenters. The summed E-state index contributed by atoms with van der Waals surface area (Å²) in [6.07, 6.45) is 3.28. The molecule has 9 heteroatoms. The van der Waals surface area contributed by atoms with Crippen molar-refractivity contribution in [3.8, 4) is 5.69 Å². The van der Waals surface area contributed by atoms with E-state index in [1.807, 2.05) is 42.3 Å². The molecule has 4 heterocycles. The lowest BCUT2D eigenvalue weighted by Crippen LogP contribution is -2.39. The summed E-state index contributed by atoms with van der Waals surface area (Å²) in [4.78, 5) is 24.4. The van der Waals surface area contributed by atoms with E-state index < -0.39 is 0 Å². The summed E-state index contributed by atoms with van der Waals surface area (Å²) in [6.45, 7) is 2.34. The molecule has 0 aliphatic carbocycles. The van der Waals surface area contributed by atoms with Crippen LogP contribution in [0, 0.1) is 0 Å². The van der Waals surface area contributed by atoms with Gasteiger partial charge in [0.1, 0.15) is 5.52 Å². The Morgan fingerprint density at radius 1 is 1.24 bits per heavy atom. The van der Waals surface area contributed by atoms with Crippen LogP contribution in [0.15, 0.2) is 47.5 Å². The molecular formula is C20H20N6O3. The van der Waals surface area contributed by atoms with Gasteiger partial charge in [-0.15, -0.1) is 0 Å². The van der Waals surface area contributed by atoms with E-state index in [2.05, 4.69) is 15.2 Å². The van der Waals surface area contributed by atoms with Crippen LogP contribution in [-0.4, -0.2) is 64.2 Å². The number of rotatable bonds is 4. The van der Waals surface area contributed by atoms with Crippen LogP contribution in [0.3, 0.4) is 0 Å². The van der Waals surface area contributed by atoms with Gasteiger partial charge < -0.3 is 14.4 Å². The van der Waals surface area contributed by atoms with Crippen molar-refractivity contribution in [3.63, 3.8) is 0 Å². The van der Waals surface area contributed by atoms with Gasteiger partial charge in [-0.3, -0.25) is 14.5 Å². The molecule has 0 amide bonds. The SMILES string of the molecule is CN(CC1COCCO1)c1ncc2c3n[nH]cc3c(=O)n(-c3ccccc3)c2n1. The number of para-hydroxylation sites is 1. The Labute approximate surface area is 165 Å². The second-order valence-electron chi connectivity index (χ2n) is 6.98. The zero-order valence-corrected chi connectivity index (χ0v) is 15.9. The predicted octanol–water partition coefficient (Wildman–Crippen LogP) is 1.51. The second kappa shape index (κ2) is 7.26. The van der Waals surface area contributed by atoms with Crippen molar-refractivity contribution in [1.82, 2.24) is 24.7 Å². The Morgan fingerprint density at radius 2 is 2.10 bits per heavy atom. The summed E-state index contributed by atoms with van der Waals surface area (Å²) in [5.41, 5.74) is 1.64. The third-order valence-electron chi connectivity index (χ3n) is 5.01. The standard InChI is InChI=1S/C20H20N6O3/c1-25(11-14-12-28-7-8-29-14)20-21-9-15-17-16(10-22-24-17)19(27)26(18(15)23-20)13-5-3-2-4-6-13/h2-6,9-10,14H,7-8,11-12H2,1H3,(H,22,24). The Kier molecular flexibility index (Phi) is 4.45. The molecule has 5 rings (SSSR count). The first-order valence-corrected chi connectivity index (χ1v) is 9.43. The van der Waals surface area contributed by atoms with E-state index in [0.717, 1.165) is 5.69 Å². The van der Waals surface area contributed by atoms with Crippen LogP contribution >= 0.6 is 0 Å². The lowest BCUT2D eigenvalue weighted by molar-refractivity contribution is -0.0837. The summed E-state index contributed by atoms with van der Waals surface area (Å²) in [5, 5.41) is 8.23. The zero-order valence-electron chi connectivity index (χ0n) is 15.9. The fourth-order valence-electron chi connectivity index (χ4n) is 3.61. The van der Waals surface area contributed by atoms with E-state index in [0.29, 0.717) is 54.3 Å². The number of aromatic nitrogens is 5. The first kappa shape index (κ1) is 17.8. The van der Waals surface area contributed by atoms with Crippen LogP contribution in [-0.2, 0) is 9.47 Å². The van der Waals surface area contributed by atoms with Crippen LogP contribution in [0.2, 0.25) is 0 Å². The van der Waals surface area contributed by atoms with Crippen LogP contribution in [0.5, 0.6) is 0 Å². The molecule has 9 nitrogen and oxygen atoms in total. The Hall–Kier alpha value is -3.30. The molecule has 1 aromatic carbocycles. The van der Waals surface area contributed by atoms with E-state index in [1.54, 1.807) is 17.0 Å². The van der Waals surface area contributed by atoms with Gasteiger partial charge in [0.2, 0.25) is 5.95 Å². The van der Waals surface area contributed by atoms with E-state index in [9.17, 15) is 4.79 Å². The number of H-pyrrole nitrogens is 1. The number of ether oxygens (including phenoxy) is 2. The average Bonchev–Trinajstić information content (AvgIpc) is 3.26. The fourth-order valence-corrected chi connectivity index (χ4v) is 3.61. The minimum Gasteiger partial charge on any atom is -0.376 e. The monoisotopic (exact) mass is 392 g/mol. The number of likely N-dealkylation sites (N-methyl/N-ethyl adjacent to an activating group) is 1. The Bertz CT molecular complexity index is 1210. The molecule has 4 aromatic rings. The van der Waals surface area contributed by atoms with Crippen molar-refractivity contribution >= 4 is 27.9 Å². The molecular weight excluding hydrogens is 372 g/mol. The number of nitrogens with zero attached hydrogens (tertiary/aromatic N) is 5. The van der Waals surface area contributed by atoms with Crippen molar-refractivity contribution < 1.29 is 9.47 Å². The van der Waals surface area contributed by atoms with Gasteiger partial charge in [0, 0.05) is 26.0 Å². The van der Waals surface area contributed by atoms with Gasteiger partial charge in [0.05, 0.1) is 42.4 Å². The molecule has 148 valence electrons. The number of pyridine rings is 1. The van der Waals surface area contributed by atoms with Crippen molar-refractivity contribution in [2.75, 3.05) is 38.3 Å². The number of aromatic amines is 1. The third kappa shape index (κ3) is 3.14. The van der Waals surface area contributed by atoms with E-state index in [-0.39, 0.29) is 11.7 Å². The van der Waals surface area contributed by atoms with Gasteiger partial charge in [-0.1, -0.05) is 18.2 Å². The van der Waals surface area contributed by atoms with Gasteiger partial charge >= 0.3 is 0 Å². The van der Waals surface area contributed by atoms with Crippen molar-refractivity contribution in [2.45, 2.75) is 6.10 Å². The lowest BCUT2D eigenvalue weighted by Gasteiger charge is -2.27. The largest absolute Gasteiger partial charge is 0.376 e. The highest BCUT2D eigenvalue weighted by atomic mass is 16.6. The van der Waals surface area contributed by atoms with Gasteiger partial charge in [0.15, 0.2) is 5.65 Å². The number of fused-ring (bicyclic) bond motifs is 3. The zero-order chi connectivity index (χ0) is 19.8. The number of hydrogen-bond acceptors (Lipinski definition) is 7. The fraction of sp³-hybridized carbons (Fsp3) is 0.300. The highest BCUT2D eigenvalue weighted by Crippen LogP contribution is 2.23. The summed E-state index contributed by atoms with van der Waals surface area (Å²) in [6, 6.07) is 9.45. The molecule has 29 heavy (non-hydrogen) atoms. The van der Waals surface area contributed by atoms with Crippen LogP contribution in [0.1, 0.15) is 0 Å². The number of benzene rings is 1. The summed E-state index contributed by atoms with van der Waals surface area (Å²) < 4.78 is 12.8. The van der Waals surface area contributed by atoms with Gasteiger partial charge in [-0.05, 0) is 12.1 Å². The van der Waals surface area contributed by atoms with Crippen LogP contribution in [0.4, 0.5) is 5.95 Å². The molecule has 0 radical (unpaired) electrons. The number of anilines is 1. The molecule has 1 N–H and O–H groups in total. The highest BCUT2D eigenvalue weighted by molar-refractivity contribution is 6.02. The van der Waals surface area contributed by atoms with Gasteiger partial charge in [0.25, 0.3) is 5.56 Å². The first-order chi connectivity index (χ1) is 14.2. The maximum absolute atomic E-state index is 13.2. The molecule has 1 saturated heterocycles. The average molecular weight is 392 g/mol. The summed E-state index contributed by atoms with van der Waals surface area (Å²) in [7, 11) is 1.90. The van der Waals surface area contributed by atoms with E-state index in [4.69, 9.17) is 14.5 Å². The quantitative estimate of drug-likeness (QED) is 0.562. The molecule has 0 spiro atoms. The second-order valence-corrected chi connectivity index (χ2v) is 6.98. The van der Waals surface area contributed by atoms with E-state index >= 15 is 0 Å². The Balaban J connectivity index is 1.66. The topological polar surface area (TPSA) is 98.2 Å². The van der Waals surface area contributed by atoms with Gasteiger partial charge in [-0.25, -0.2) is 4.98 Å². The maximum atomic E-state index is 13.2. The minimum atomic E-state index is -0.177. The molecule has 1 aliphatic rings. The van der Waals surface area contributed by atoms with Crippen molar-refractivity contribution in [3.05, 3.63) is 53.1 Å². The van der Waals surface area contributed by atoms with Gasteiger partial charge in [-0.2, -0.15) is 10.1 Å².